The summed E-state index contributed by atoms with van der Waals surface area (Å²) in [5.41, 5.74) is 2.22. The third-order valence-electron chi connectivity index (χ3n) is 3.75. The van der Waals surface area contributed by atoms with Crippen molar-refractivity contribution in [2.45, 2.75) is 20.4 Å². The van der Waals surface area contributed by atoms with E-state index in [0.29, 0.717) is 28.2 Å². The fourth-order valence-corrected chi connectivity index (χ4v) is 3.59. The maximum absolute atomic E-state index is 12.5. The molecule has 0 fully saturated rings. The van der Waals surface area contributed by atoms with Gasteiger partial charge in [0.15, 0.2) is 4.80 Å². The van der Waals surface area contributed by atoms with E-state index >= 15 is 0 Å². The molecular formula is C19H18N2O4S. The number of aromatic nitrogens is 1. The van der Waals surface area contributed by atoms with Crippen LogP contribution in [0.1, 0.15) is 22.8 Å². The maximum Gasteiger partial charge on any atom is 0.323 e. The number of carboxylic acids is 1. The lowest BCUT2D eigenvalue weighted by atomic mass is 10.1. The predicted octanol–water partition coefficient (Wildman–Crippen LogP) is 3.24. The van der Waals surface area contributed by atoms with Crippen LogP contribution in [-0.2, 0) is 11.3 Å². The Labute approximate surface area is 154 Å². The zero-order chi connectivity index (χ0) is 18.7. The van der Waals surface area contributed by atoms with E-state index in [-0.39, 0.29) is 6.54 Å². The Hall–Kier alpha value is -2.93. The van der Waals surface area contributed by atoms with Crippen LogP contribution in [0, 0.1) is 6.92 Å². The maximum atomic E-state index is 12.5. The molecule has 0 unspecified atom stereocenters. The molecule has 7 heteroatoms. The number of ether oxygens (including phenoxy) is 1. The fraction of sp³-hybridized carbons (Fsp3) is 0.211. The Balaban J connectivity index is 2.11. The van der Waals surface area contributed by atoms with Gasteiger partial charge in [0.1, 0.15) is 12.3 Å². The average Bonchev–Trinajstić information content (AvgIpc) is 2.92. The summed E-state index contributed by atoms with van der Waals surface area (Å²) in [7, 11) is 0. The minimum absolute atomic E-state index is 0.270. The highest BCUT2D eigenvalue weighted by atomic mass is 32.1. The second-order valence-electron chi connectivity index (χ2n) is 5.71. The normalized spacial score (nSPS) is 11.7. The topological polar surface area (TPSA) is 80.9 Å². The van der Waals surface area contributed by atoms with Crippen LogP contribution in [0.3, 0.4) is 0 Å². The van der Waals surface area contributed by atoms with Gasteiger partial charge in [0.2, 0.25) is 0 Å². The van der Waals surface area contributed by atoms with Crippen LogP contribution in [0.2, 0.25) is 0 Å². The Kier molecular flexibility index (Phi) is 5.18. The number of hydrogen-bond donors (Lipinski definition) is 1. The lowest BCUT2D eigenvalue weighted by molar-refractivity contribution is -0.137. The number of thiazole rings is 1. The standard InChI is InChI=1S/C19H18N2O4S/c1-3-25-14-8-9-15-16(10-14)26-19(21(15)11-17(22)23)20-18(24)13-6-4-12(2)5-7-13/h4-10H,3,11H2,1-2H3,(H,22,23). The van der Waals surface area contributed by atoms with Gasteiger partial charge in [-0.25, -0.2) is 0 Å². The van der Waals surface area contributed by atoms with E-state index in [4.69, 9.17) is 4.74 Å². The number of carboxylic acid groups (broad SMARTS) is 1. The molecule has 2 aromatic carbocycles. The van der Waals surface area contributed by atoms with Crippen LogP contribution in [0.5, 0.6) is 5.75 Å². The lowest BCUT2D eigenvalue weighted by Crippen LogP contribution is -2.21. The predicted molar refractivity (Wildman–Crippen MR) is 99.7 cm³/mol. The van der Waals surface area contributed by atoms with Gasteiger partial charge in [0.25, 0.3) is 5.91 Å². The van der Waals surface area contributed by atoms with E-state index in [1.807, 2.05) is 32.0 Å². The number of aliphatic carboxylic acids is 1. The molecule has 6 nitrogen and oxygen atoms in total. The summed E-state index contributed by atoms with van der Waals surface area (Å²) < 4.78 is 7.83. The van der Waals surface area contributed by atoms with Crippen LogP contribution in [0.4, 0.5) is 0 Å². The SMILES string of the molecule is CCOc1ccc2c(c1)sc(=NC(=O)c1ccc(C)cc1)n2CC(=O)O. The molecule has 1 aromatic heterocycles. The van der Waals surface area contributed by atoms with Gasteiger partial charge < -0.3 is 14.4 Å². The van der Waals surface area contributed by atoms with E-state index < -0.39 is 11.9 Å². The Morgan fingerprint density at radius 2 is 1.92 bits per heavy atom. The van der Waals surface area contributed by atoms with Crippen molar-refractivity contribution in [3.05, 3.63) is 58.4 Å². The monoisotopic (exact) mass is 370 g/mol. The number of fused-ring (bicyclic) bond motifs is 1. The first-order chi connectivity index (χ1) is 12.5. The summed E-state index contributed by atoms with van der Waals surface area (Å²) in [6.07, 6.45) is 0. The number of carbonyl (C=O) groups is 2. The Bertz CT molecular complexity index is 1030. The number of aryl methyl sites for hydroxylation is 1. The molecule has 0 aliphatic heterocycles. The summed E-state index contributed by atoms with van der Waals surface area (Å²) >= 11 is 1.26. The molecule has 0 atom stereocenters. The Morgan fingerprint density at radius 1 is 1.19 bits per heavy atom. The summed E-state index contributed by atoms with van der Waals surface area (Å²) in [5, 5.41) is 9.22. The lowest BCUT2D eigenvalue weighted by Gasteiger charge is -2.04. The van der Waals surface area contributed by atoms with Crippen LogP contribution in [0.15, 0.2) is 47.5 Å². The molecule has 0 aliphatic rings. The van der Waals surface area contributed by atoms with Crippen molar-refractivity contribution < 1.29 is 19.4 Å². The van der Waals surface area contributed by atoms with Gasteiger partial charge >= 0.3 is 5.97 Å². The highest BCUT2D eigenvalue weighted by Gasteiger charge is 2.12. The number of rotatable bonds is 5. The molecule has 0 aliphatic carbocycles. The third kappa shape index (κ3) is 3.83. The molecule has 0 radical (unpaired) electrons. The first-order valence-electron chi connectivity index (χ1n) is 8.11. The number of benzene rings is 2. The minimum atomic E-state index is -0.997. The van der Waals surface area contributed by atoms with E-state index in [0.717, 1.165) is 10.3 Å². The van der Waals surface area contributed by atoms with Gasteiger partial charge in [-0.15, -0.1) is 0 Å². The second-order valence-corrected chi connectivity index (χ2v) is 6.72. The van der Waals surface area contributed by atoms with Crippen LogP contribution in [-0.4, -0.2) is 28.2 Å². The molecule has 1 heterocycles. The zero-order valence-corrected chi connectivity index (χ0v) is 15.2. The molecule has 0 bridgehead atoms. The zero-order valence-electron chi connectivity index (χ0n) is 14.4. The van der Waals surface area contributed by atoms with Gasteiger partial charge in [0.05, 0.1) is 16.8 Å². The van der Waals surface area contributed by atoms with Gasteiger partial charge in [0, 0.05) is 5.56 Å². The van der Waals surface area contributed by atoms with Crippen LogP contribution < -0.4 is 9.54 Å². The van der Waals surface area contributed by atoms with Crippen molar-refractivity contribution in [3.63, 3.8) is 0 Å². The summed E-state index contributed by atoms with van der Waals surface area (Å²) in [5.74, 6) is -0.705. The summed E-state index contributed by atoms with van der Waals surface area (Å²) in [6, 6.07) is 12.5. The second kappa shape index (κ2) is 7.53. The van der Waals surface area contributed by atoms with E-state index in [9.17, 15) is 14.7 Å². The molecule has 0 saturated carbocycles. The van der Waals surface area contributed by atoms with Crippen molar-refractivity contribution in [1.29, 1.82) is 0 Å². The van der Waals surface area contributed by atoms with Gasteiger partial charge in [-0.2, -0.15) is 4.99 Å². The number of amides is 1. The van der Waals surface area contributed by atoms with E-state index in [1.54, 1.807) is 24.3 Å². The highest BCUT2D eigenvalue weighted by Crippen LogP contribution is 2.23. The molecule has 1 N–H and O–H groups in total. The fourth-order valence-electron chi connectivity index (χ4n) is 2.53. The molecule has 0 saturated heterocycles. The molecular weight excluding hydrogens is 352 g/mol. The molecule has 1 amide bonds. The number of carbonyl (C=O) groups excluding carboxylic acids is 1. The van der Waals surface area contributed by atoms with Gasteiger partial charge in [-0.1, -0.05) is 29.0 Å². The molecule has 26 heavy (non-hydrogen) atoms. The van der Waals surface area contributed by atoms with Crippen LogP contribution in [0.25, 0.3) is 10.2 Å². The molecule has 0 spiro atoms. The van der Waals surface area contributed by atoms with Crippen molar-refractivity contribution in [2.75, 3.05) is 6.61 Å². The van der Waals surface area contributed by atoms with Crippen molar-refractivity contribution in [1.82, 2.24) is 4.57 Å². The van der Waals surface area contributed by atoms with Crippen molar-refractivity contribution in [2.24, 2.45) is 4.99 Å². The largest absolute Gasteiger partial charge is 0.494 e. The highest BCUT2D eigenvalue weighted by molar-refractivity contribution is 7.16. The summed E-state index contributed by atoms with van der Waals surface area (Å²) in [4.78, 5) is 28.2. The number of hydrogen-bond acceptors (Lipinski definition) is 4. The summed E-state index contributed by atoms with van der Waals surface area (Å²) in [6.45, 7) is 4.10. The minimum Gasteiger partial charge on any atom is -0.494 e. The van der Waals surface area contributed by atoms with E-state index in [2.05, 4.69) is 4.99 Å². The van der Waals surface area contributed by atoms with Crippen molar-refractivity contribution >= 4 is 33.4 Å². The average molecular weight is 370 g/mol. The Morgan fingerprint density at radius 3 is 2.58 bits per heavy atom. The van der Waals surface area contributed by atoms with E-state index in [1.165, 1.54) is 15.9 Å². The first kappa shape index (κ1) is 17.9. The smallest absolute Gasteiger partial charge is 0.323 e. The van der Waals surface area contributed by atoms with Crippen molar-refractivity contribution in [3.8, 4) is 5.75 Å². The van der Waals surface area contributed by atoms with Gasteiger partial charge in [-0.05, 0) is 44.2 Å². The quantitative estimate of drug-likeness (QED) is 0.748. The molecule has 134 valence electrons. The third-order valence-corrected chi connectivity index (χ3v) is 4.80. The molecule has 3 aromatic rings. The first-order valence-corrected chi connectivity index (χ1v) is 8.93. The molecule has 3 rings (SSSR count). The number of nitrogens with zero attached hydrogens (tertiary/aromatic N) is 2. The van der Waals surface area contributed by atoms with Crippen LogP contribution >= 0.6 is 11.3 Å². The van der Waals surface area contributed by atoms with Gasteiger partial charge in [-0.3, -0.25) is 9.59 Å².